The minimum atomic E-state index is -0.872. The van der Waals surface area contributed by atoms with E-state index in [0.29, 0.717) is 25.7 Å². The van der Waals surface area contributed by atoms with Crippen molar-refractivity contribution in [1.82, 2.24) is 0 Å². The van der Waals surface area contributed by atoms with Gasteiger partial charge in [-0.1, -0.05) is 79.1 Å². The zero-order valence-electron chi connectivity index (χ0n) is 23.7. The molecule has 1 rings (SSSR count). The van der Waals surface area contributed by atoms with Crippen molar-refractivity contribution in [2.75, 3.05) is 26.4 Å². The number of hydrogen-bond acceptors (Lipinski definition) is 8. The molecule has 8 heteroatoms. The van der Waals surface area contributed by atoms with Gasteiger partial charge in [0.15, 0.2) is 0 Å². The molecule has 8 nitrogen and oxygen atoms in total. The van der Waals surface area contributed by atoms with Crippen molar-refractivity contribution in [2.45, 2.75) is 105 Å². The van der Waals surface area contributed by atoms with Crippen molar-refractivity contribution < 1.29 is 38.1 Å². The van der Waals surface area contributed by atoms with E-state index in [4.69, 9.17) is 18.9 Å². The van der Waals surface area contributed by atoms with Crippen LogP contribution in [0.2, 0.25) is 0 Å². The van der Waals surface area contributed by atoms with Gasteiger partial charge in [-0.25, -0.2) is 19.2 Å². The van der Waals surface area contributed by atoms with Crippen molar-refractivity contribution >= 4 is 23.9 Å². The summed E-state index contributed by atoms with van der Waals surface area (Å²) in [5.74, 6) is -3.26. The third-order valence-electron chi connectivity index (χ3n) is 5.98. The molecular weight excluding hydrogens is 488 g/mol. The fourth-order valence-corrected chi connectivity index (χ4v) is 3.73. The van der Waals surface area contributed by atoms with Gasteiger partial charge in [0.2, 0.25) is 0 Å². The second-order valence-corrected chi connectivity index (χ2v) is 9.28. The highest BCUT2D eigenvalue weighted by atomic mass is 16.5. The highest BCUT2D eigenvalue weighted by molar-refractivity contribution is 6.15. The van der Waals surface area contributed by atoms with E-state index in [1.54, 1.807) is 0 Å². The van der Waals surface area contributed by atoms with Gasteiger partial charge in [0.25, 0.3) is 0 Å². The average molecular weight is 535 g/mol. The molecule has 1 aromatic rings. The summed E-state index contributed by atoms with van der Waals surface area (Å²) in [6.45, 7) is 8.71. The van der Waals surface area contributed by atoms with Crippen LogP contribution in [0, 0.1) is 0 Å². The Morgan fingerprint density at radius 3 is 0.974 bits per heavy atom. The number of benzene rings is 1. The highest BCUT2D eigenvalue weighted by Crippen LogP contribution is 2.25. The summed E-state index contributed by atoms with van der Waals surface area (Å²) in [4.78, 5) is 52.6. The molecule has 0 saturated heterocycles. The number of carbonyl (C=O) groups excluding carboxylic acids is 4. The maximum absolute atomic E-state index is 13.3. The molecule has 0 aliphatic carbocycles. The number of hydrogen-bond donors (Lipinski definition) is 0. The molecule has 0 radical (unpaired) electrons. The van der Waals surface area contributed by atoms with Crippen molar-refractivity contribution in [2.24, 2.45) is 0 Å². The van der Waals surface area contributed by atoms with Crippen LogP contribution in [-0.4, -0.2) is 50.3 Å². The topological polar surface area (TPSA) is 105 Å². The van der Waals surface area contributed by atoms with Crippen molar-refractivity contribution in [1.29, 1.82) is 0 Å². The summed E-state index contributed by atoms with van der Waals surface area (Å²) < 4.78 is 21.7. The third kappa shape index (κ3) is 11.7. The first-order valence-corrected chi connectivity index (χ1v) is 14.3. The summed E-state index contributed by atoms with van der Waals surface area (Å²) in [7, 11) is 0. The quantitative estimate of drug-likeness (QED) is 0.0993. The lowest BCUT2D eigenvalue weighted by atomic mass is 9.95. The van der Waals surface area contributed by atoms with Crippen molar-refractivity contribution in [3.63, 3.8) is 0 Å². The number of rotatable bonds is 20. The molecule has 0 spiro atoms. The molecule has 214 valence electrons. The van der Waals surface area contributed by atoms with Crippen LogP contribution in [0.3, 0.4) is 0 Å². The van der Waals surface area contributed by atoms with Gasteiger partial charge in [-0.3, -0.25) is 0 Å². The number of carbonyl (C=O) groups is 4. The lowest BCUT2D eigenvalue weighted by Gasteiger charge is -2.17. The van der Waals surface area contributed by atoms with Gasteiger partial charge >= 0.3 is 23.9 Å². The van der Waals surface area contributed by atoms with Gasteiger partial charge in [-0.2, -0.15) is 0 Å². The van der Waals surface area contributed by atoms with Crippen LogP contribution in [0.5, 0.6) is 0 Å². The highest BCUT2D eigenvalue weighted by Gasteiger charge is 2.32. The van der Waals surface area contributed by atoms with Gasteiger partial charge in [0.05, 0.1) is 48.7 Å². The Morgan fingerprint density at radius 2 is 0.711 bits per heavy atom. The van der Waals surface area contributed by atoms with Crippen molar-refractivity contribution in [3.8, 4) is 0 Å². The van der Waals surface area contributed by atoms with E-state index in [0.717, 1.165) is 51.4 Å². The molecule has 0 fully saturated rings. The van der Waals surface area contributed by atoms with E-state index < -0.39 is 23.9 Å². The molecule has 0 bridgehead atoms. The lowest BCUT2D eigenvalue weighted by molar-refractivity contribution is 0.0415. The molecular formula is C30H46O8. The summed E-state index contributed by atoms with van der Waals surface area (Å²) in [6, 6.07) is 2.64. The van der Waals surface area contributed by atoms with E-state index >= 15 is 0 Å². The molecule has 0 saturated carbocycles. The fraction of sp³-hybridized carbons (Fsp3) is 0.667. The minimum absolute atomic E-state index is 0.119. The van der Waals surface area contributed by atoms with Crippen LogP contribution in [0.4, 0.5) is 0 Å². The molecule has 0 atom stereocenters. The first-order chi connectivity index (χ1) is 18.4. The molecule has 0 N–H and O–H groups in total. The van der Waals surface area contributed by atoms with Crippen LogP contribution in [-0.2, 0) is 18.9 Å². The largest absolute Gasteiger partial charge is 0.462 e. The summed E-state index contributed by atoms with van der Waals surface area (Å²) >= 11 is 0. The number of esters is 4. The number of unbranched alkanes of at least 4 members (excludes halogenated alkanes) is 8. The first kappa shape index (κ1) is 33.1. The molecule has 0 heterocycles. The molecule has 0 amide bonds. The molecule has 0 unspecified atom stereocenters. The van der Waals surface area contributed by atoms with Crippen molar-refractivity contribution in [3.05, 3.63) is 34.4 Å². The standard InChI is InChI=1S/C30H46O8/c1-5-9-13-19-35-27(31)23-17-18-24(28(32)36-20-14-10-6-2)26(30(34)38-22-16-12-8-4)25(23)29(33)37-21-15-11-7-3/h17-18H,5-16,19-22H2,1-4H3. The summed E-state index contributed by atoms with van der Waals surface area (Å²) in [5, 5.41) is 0. The Balaban J connectivity index is 3.46. The second-order valence-electron chi connectivity index (χ2n) is 9.28. The molecule has 0 aliphatic rings. The van der Waals surface area contributed by atoms with Crippen LogP contribution in [0.15, 0.2) is 12.1 Å². The Hall–Kier alpha value is -2.90. The Labute approximate surface area is 227 Å². The fourth-order valence-electron chi connectivity index (χ4n) is 3.73. The SMILES string of the molecule is CCCCCOC(=O)c1ccc(C(=O)OCCCCC)c(C(=O)OCCCCC)c1C(=O)OCCCCC. The predicted molar refractivity (Wildman–Crippen MR) is 146 cm³/mol. The summed E-state index contributed by atoms with van der Waals surface area (Å²) in [6.07, 6.45) is 9.88. The molecule has 0 aliphatic heterocycles. The Kier molecular flexibility index (Phi) is 17.5. The number of ether oxygens (including phenoxy) is 4. The Bertz CT molecular complexity index is 806. The van der Waals surface area contributed by atoms with Gasteiger partial charge in [-0.05, 0) is 37.8 Å². The molecule has 0 aromatic heterocycles. The summed E-state index contributed by atoms with van der Waals surface area (Å²) in [5.41, 5.74) is -0.897. The van der Waals surface area contributed by atoms with Gasteiger partial charge < -0.3 is 18.9 Å². The van der Waals surface area contributed by atoms with Crippen LogP contribution >= 0.6 is 0 Å². The molecule has 38 heavy (non-hydrogen) atoms. The van der Waals surface area contributed by atoms with Gasteiger partial charge in [0.1, 0.15) is 0 Å². The van der Waals surface area contributed by atoms with E-state index in [1.807, 2.05) is 27.7 Å². The second kappa shape index (κ2) is 20.1. The van der Waals surface area contributed by atoms with E-state index in [9.17, 15) is 19.2 Å². The van der Waals surface area contributed by atoms with Gasteiger partial charge in [-0.15, -0.1) is 0 Å². The smallest absolute Gasteiger partial charge is 0.339 e. The monoisotopic (exact) mass is 534 g/mol. The molecule has 1 aromatic carbocycles. The van der Waals surface area contributed by atoms with Crippen LogP contribution in [0.1, 0.15) is 146 Å². The normalized spacial score (nSPS) is 10.6. The minimum Gasteiger partial charge on any atom is -0.462 e. The predicted octanol–water partition coefficient (Wildman–Crippen LogP) is 7.07. The average Bonchev–Trinajstić information content (AvgIpc) is 2.92. The lowest BCUT2D eigenvalue weighted by Crippen LogP contribution is -2.24. The van der Waals surface area contributed by atoms with E-state index in [2.05, 4.69) is 0 Å². The Morgan fingerprint density at radius 1 is 0.447 bits per heavy atom. The maximum Gasteiger partial charge on any atom is 0.339 e. The van der Waals surface area contributed by atoms with E-state index in [-0.39, 0.29) is 48.7 Å². The first-order valence-electron chi connectivity index (χ1n) is 14.3. The zero-order chi connectivity index (χ0) is 28.2. The van der Waals surface area contributed by atoms with Crippen LogP contribution < -0.4 is 0 Å². The van der Waals surface area contributed by atoms with Gasteiger partial charge in [0, 0.05) is 0 Å². The maximum atomic E-state index is 13.3. The third-order valence-corrected chi connectivity index (χ3v) is 5.98. The zero-order valence-corrected chi connectivity index (χ0v) is 23.7. The van der Waals surface area contributed by atoms with E-state index in [1.165, 1.54) is 12.1 Å². The van der Waals surface area contributed by atoms with Crippen LogP contribution in [0.25, 0.3) is 0 Å².